The van der Waals surface area contributed by atoms with Crippen molar-refractivity contribution in [1.29, 1.82) is 0 Å². The van der Waals surface area contributed by atoms with E-state index < -0.39 is 0 Å². The van der Waals surface area contributed by atoms with Crippen LogP contribution in [-0.4, -0.2) is 29.2 Å². The van der Waals surface area contributed by atoms with E-state index in [1.165, 1.54) is 0 Å². The van der Waals surface area contributed by atoms with Gasteiger partial charge in [-0.1, -0.05) is 30.3 Å². The summed E-state index contributed by atoms with van der Waals surface area (Å²) in [7, 11) is 0. The van der Waals surface area contributed by atoms with Crippen LogP contribution in [0.1, 0.15) is 40.1 Å². The number of thioether (sulfide) groups is 1. The molecule has 7 heteroatoms. The molecule has 6 nitrogen and oxygen atoms in total. The first-order valence-electron chi connectivity index (χ1n) is 10.6. The molecule has 0 aliphatic carbocycles. The van der Waals surface area contributed by atoms with Crippen molar-refractivity contribution < 1.29 is 9.59 Å². The number of nitrogens with one attached hydrogen (secondary N) is 2. The standard InChI is InChI=1S/C25H26N4O2S/c1-16-15-17(2)26-24-22(16)29(13-14-32-24)25(31)28-21-11-9-20(10-12-21)23(30)27-18(3)19-7-5-4-6-8-19/h4-12,15,18H,13-14H2,1-3H3,(H,27,30)(H,28,31)/t18-/m0/s1. The van der Waals surface area contributed by atoms with Crippen LogP contribution < -0.4 is 15.5 Å². The SMILES string of the molecule is Cc1cc(C)c2c(n1)SCCN2C(=O)Nc1ccc(C(=O)N[C@@H](C)c2ccccc2)cc1. The first kappa shape index (κ1) is 21.9. The Morgan fingerprint density at radius 2 is 1.78 bits per heavy atom. The summed E-state index contributed by atoms with van der Waals surface area (Å²) in [6, 6.07) is 18.5. The summed E-state index contributed by atoms with van der Waals surface area (Å²) < 4.78 is 0. The number of pyridine rings is 1. The number of carbonyl (C=O) groups is 2. The van der Waals surface area contributed by atoms with Crippen molar-refractivity contribution in [2.24, 2.45) is 0 Å². The number of carbonyl (C=O) groups excluding carboxylic acids is 2. The second-order valence-electron chi connectivity index (χ2n) is 7.85. The number of rotatable bonds is 4. The average Bonchev–Trinajstić information content (AvgIpc) is 2.79. The van der Waals surface area contributed by atoms with Crippen molar-refractivity contribution in [1.82, 2.24) is 10.3 Å². The van der Waals surface area contributed by atoms with Crippen LogP contribution in [0.5, 0.6) is 0 Å². The molecule has 3 amide bonds. The smallest absolute Gasteiger partial charge is 0.326 e. The Balaban J connectivity index is 1.42. The number of urea groups is 1. The molecule has 0 bridgehead atoms. The Labute approximate surface area is 192 Å². The second kappa shape index (κ2) is 9.44. The average molecular weight is 447 g/mol. The third kappa shape index (κ3) is 4.78. The number of amides is 3. The molecule has 3 aromatic rings. The minimum atomic E-state index is -0.199. The lowest BCUT2D eigenvalue weighted by Crippen LogP contribution is -2.39. The molecule has 1 aromatic heterocycles. The van der Waals surface area contributed by atoms with Crippen molar-refractivity contribution in [3.05, 3.63) is 83.0 Å². The summed E-state index contributed by atoms with van der Waals surface area (Å²) in [5.74, 6) is 0.646. The summed E-state index contributed by atoms with van der Waals surface area (Å²) in [4.78, 5) is 31.9. The minimum Gasteiger partial charge on any atom is -0.346 e. The van der Waals surface area contributed by atoms with Crippen molar-refractivity contribution in [2.75, 3.05) is 22.5 Å². The molecule has 0 unspecified atom stereocenters. The number of aromatic nitrogens is 1. The van der Waals surface area contributed by atoms with Gasteiger partial charge in [0, 0.05) is 29.2 Å². The molecule has 1 aliphatic rings. The van der Waals surface area contributed by atoms with Crippen LogP contribution >= 0.6 is 11.8 Å². The molecule has 1 aliphatic heterocycles. The van der Waals surface area contributed by atoms with Gasteiger partial charge in [-0.15, -0.1) is 11.8 Å². The van der Waals surface area contributed by atoms with E-state index in [0.717, 1.165) is 33.3 Å². The van der Waals surface area contributed by atoms with Crippen molar-refractivity contribution >= 4 is 35.1 Å². The Bertz CT molecular complexity index is 1130. The number of benzene rings is 2. The molecule has 2 heterocycles. The molecule has 0 fully saturated rings. The van der Waals surface area contributed by atoms with E-state index in [2.05, 4.69) is 15.6 Å². The number of nitrogens with zero attached hydrogens (tertiary/aromatic N) is 2. The summed E-state index contributed by atoms with van der Waals surface area (Å²) in [6.07, 6.45) is 0. The largest absolute Gasteiger partial charge is 0.346 e. The highest BCUT2D eigenvalue weighted by Crippen LogP contribution is 2.36. The molecular formula is C25H26N4O2S. The van der Waals surface area contributed by atoms with Crippen LogP contribution in [0.15, 0.2) is 65.7 Å². The van der Waals surface area contributed by atoms with Crippen LogP contribution in [-0.2, 0) is 0 Å². The zero-order valence-electron chi connectivity index (χ0n) is 18.4. The van der Waals surface area contributed by atoms with Crippen LogP contribution in [0.4, 0.5) is 16.2 Å². The molecule has 0 saturated heterocycles. The number of fused-ring (bicyclic) bond motifs is 1. The Kier molecular flexibility index (Phi) is 6.46. The molecule has 2 aromatic carbocycles. The van der Waals surface area contributed by atoms with E-state index in [-0.39, 0.29) is 18.0 Å². The van der Waals surface area contributed by atoms with Gasteiger partial charge < -0.3 is 10.6 Å². The molecular weight excluding hydrogens is 420 g/mol. The van der Waals surface area contributed by atoms with Gasteiger partial charge in [0.15, 0.2) is 0 Å². The summed E-state index contributed by atoms with van der Waals surface area (Å²) in [5, 5.41) is 6.84. The maximum atomic E-state index is 13.0. The van der Waals surface area contributed by atoms with Crippen molar-refractivity contribution in [3.8, 4) is 0 Å². The van der Waals surface area contributed by atoms with Gasteiger partial charge in [0.05, 0.1) is 11.7 Å². The quantitative estimate of drug-likeness (QED) is 0.568. The van der Waals surface area contributed by atoms with Gasteiger partial charge >= 0.3 is 6.03 Å². The molecule has 32 heavy (non-hydrogen) atoms. The van der Waals surface area contributed by atoms with Crippen LogP contribution in [0.3, 0.4) is 0 Å². The lowest BCUT2D eigenvalue weighted by atomic mass is 10.1. The van der Waals surface area contributed by atoms with Gasteiger partial charge in [0.1, 0.15) is 5.03 Å². The molecule has 164 valence electrons. The fourth-order valence-corrected chi connectivity index (χ4v) is 4.86. The summed E-state index contributed by atoms with van der Waals surface area (Å²) >= 11 is 1.68. The molecule has 0 spiro atoms. The first-order chi connectivity index (χ1) is 15.4. The maximum absolute atomic E-state index is 13.0. The van der Waals surface area contributed by atoms with Gasteiger partial charge in [0.25, 0.3) is 5.91 Å². The fourth-order valence-electron chi connectivity index (χ4n) is 3.77. The van der Waals surface area contributed by atoms with E-state index >= 15 is 0 Å². The lowest BCUT2D eigenvalue weighted by molar-refractivity contribution is 0.0940. The van der Waals surface area contributed by atoms with E-state index in [9.17, 15) is 9.59 Å². The normalized spacial score (nSPS) is 13.8. The molecule has 4 rings (SSSR count). The zero-order chi connectivity index (χ0) is 22.7. The highest BCUT2D eigenvalue weighted by Gasteiger charge is 2.26. The van der Waals surface area contributed by atoms with E-state index in [4.69, 9.17) is 0 Å². The predicted octanol–water partition coefficient (Wildman–Crippen LogP) is 5.33. The zero-order valence-corrected chi connectivity index (χ0v) is 19.2. The van der Waals surface area contributed by atoms with E-state index in [1.54, 1.807) is 40.9 Å². The highest BCUT2D eigenvalue weighted by atomic mass is 32.2. The van der Waals surface area contributed by atoms with Gasteiger partial charge in [0.2, 0.25) is 0 Å². The highest BCUT2D eigenvalue weighted by molar-refractivity contribution is 7.99. The molecule has 0 saturated carbocycles. The van der Waals surface area contributed by atoms with Crippen LogP contribution in [0.2, 0.25) is 0 Å². The first-order valence-corrected chi connectivity index (χ1v) is 11.6. The fraction of sp³-hybridized carbons (Fsp3) is 0.240. The minimum absolute atomic E-state index is 0.0967. The number of hydrogen-bond acceptors (Lipinski definition) is 4. The molecule has 1 atom stereocenters. The van der Waals surface area contributed by atoms with E-state index in [0.29, 0.717) is 17.8 Å². The second-order valence-corrected chi connectivity index (χ2v) is 8.93. The van der Waals surface area contributed by atoms with Crippen LogP contribution in [0, 0.1) is 13.8 Å². The third-order valence-corrected chi connectivity index (χ3v) is 6.34. The van der Waals surface area contributed by atoms with Crippen molar-refractivity contribution in [2.45, 2.75) is 31.8 Å². The predicted molar refractivity (Wildman–Crippen MR) is 130 cm³/mol. The topological polar surface area (TPSA) is 74.3 Å². The lowest BCUT2D eigenvalue weighted by Gasteiger charge is -2.30. The molecule has 0 radical (unpaired) electrons. The number of aryl methyl sites for hydroxylation is 2. The molecule has 2 N–H and O–H groups in total. The van der Waals surface area contributed by atoms with Crippen molar-refractivity contribution in [3.63, 3.8) is 0 Å². The van der Waals surface area contributed by atoms with Crippen LogP contribution in [0.25, 0.3) is 0 Å². The maximum Gasteiger partial charge on any atom is 0.326 e. The summed E-state index contributed by atoms with van der Waals surface area (Å²) in [5.41, 5.74) is 5.09. The van der Waals surface area contributed by atoms with Gasteiger partial charge in [-0.25, -0.2) is 9.78 Å². The van der Waals surface area contributed by atoms with E-state index in [1.807, 2.05) is 57.2 Å². The monoisotopic (exact) mass is 446 g/mol. The number of hydrogen-bond donors (Lipinski definition) is 2. The van der Waals surface area contributed by atoms with Gasteiger partial charge in [-0.3, -0.25) is 9.69 Å². The summed E-state index contributed by atoms with van der Waals surface area (Å²) in [6.45, 7) is 6.54. The third-order valence-electron chi connectivity index (χ3n) is 5.39. The Hall–Kier alpha value is -3.32. The Morgan fingerprint density at radius 3 is 2.50 bits per heavy atom. The number of anilines is 2. The van der Waals surface area contributed by atoms with Gasteiger partial charge in [-0.05, 0) is 62.2 Å². The Morgan fingerprint density at radius 1 is 1.06 bits per heavy atom. The van der Waals surface area contributed by atoms with Gasteiger partial charge in [-0.2, -0.15) is 0 Å².